The molecule has 0 aliphatic heterocycles. The van der Waals surface area contributed by atoms with Crippen LogP contribution in [0.1, 0.15) is 16.7 Å². The minimum atomic E-state index is 0.110. The Hall–Kier alpha value is -8.77. The number of hydrogen-bond acceptors (Lipinski definition) is 2. The lowest BCUT2D eigenvalue weighted by atomic mass is 9.92. The number of para-hydroxylation sites is 1. The highest BCUT2D eigenvalue weighted by atomic mass is 32.1. The minimum Gasteiger partial charge on any atom is -0.307 e. The minimum absolute atomic E-state index is 0.110. The van der Waals surface area contributed by atoms with Gasteiger partial charge in [-0.25, -0.2) is 9.98 Å². The maximum Gasteiger partial charge on any atom is 0.161 e. The molecule has 0 fully saturated rings. The quantitative estimate of drug-likeness (QED) is 0.117. The first-order valence-corrected chi connectivity index (χ1v) is 23.6. The number of hydrogen-bond donors (Lipinski definition) is 1. The van der Waals surface area contributed by atoms with Gasteiger partial charge in [0.2, 0.25) is 0 Å². The molecular formula is C63H42N4S. The first kappa shape index (κ1) is 40.7. The highest BCUT2D eigenvalue weighted by molar-refractivity contribution is 7.26. The standard InChI is InChI=1S/C63H42N4S/c64-62(66-63(47-28-14-5-15-29-47)65-41-42-36-48(43-20-6-1-7-21-43)38-49(37-42)44-22-8-2-9-23-44)50-39-55(45-24-10-3-11-25-45)59(56(40-50)46-26-12-4-13-27-46)67-57-32-18-16-30-51(57)53-34-35-54-52-31-17-19-33-58(52)68-61(54)60(53)67/h1-41,64H. The number of rotatable bonds is 8. The van der Waals surface area contributed by atoms with Gasteiger partial charge in [0.1, 0.15) is 0 Å². The smallest absolute Gasteiger partial charge is 0.161 e. The van der Waals surface area contributed by atoms with E-state index < -0.39 is 0 Å². The van der Waals surface area contributed by atoms with E-state index >= 15 is 0 Å². The maximum absolute atomic E-state index is 9.91. The van der Waals surface area contributed by atoms with Crippen LogP contribution >= 0.6 is 11.3 Å². The summed E-state index contributed by atoms with van der Waals surface area (Å²) in [5.41, 5.74) is 14.3. The normalized spacial score (nSPS) is 11.9. The molecule has 2 aromatic heterocycles. The van der Waals surface area contributed by atoms with Crippen LogP contribution in [0.4, 0.5) is 0 Å². The number of nitrogens with zero attached hydrogens (tertiary/aromatic N) is 3. The molecule has 0 aliphatic carbocycles. The summed E-state index contributed by atoms with van der Waals surface area (Å²) in [6, 6.07) is 84.9. The molecular weight excluding hydrogens is 845 g/mol. The molecule has 12 rings (SSSR count). The van der Waals surface area contributed by atoms with Gasteiger partial charge in [-0.3, -0.25) is 5.41 Å². The van der Waals surface area contributed by atoms with Gasteiger partial charge in [-0.15, -0.1) is 11.3 Å². The van der Waals surface area contributed by atoms with Gasteiger partial charge in [-0.2, -0.15) is 0 Å². The van der Waals surface area contributed by atoms with Crippen LogP contribution in [0.5, 0.6) is 0 Å². The van der Waals surface area contributed by atoms with E-state index in [-0.39, 0.29) is 5.84 Å². The number of thiophene rings is 1. The second-order valence-electron chi connectivity index (χ2n) is 16.9. The molecule has 0 saturated heterocycles. The molecule has 0 aliphatic rings. The summed E-state index contributed by atoms with van der Waals surface area (Å²) >= 11 is 1.85. The monoisotopic (exact) mass is 886 g/mol. The molecule has 12 aromatic rings. The summed E-state index contributed by atoms with van der Waals surface area (Å²) in [4.78, 5) is 10.2. The molecule has 1 N–H and O–H groups in total. The van der Waals surface area contributed by atoms with Crippen LogP contribution < -0.4 is 0 Å². The van der Waals surface area contributed by atoms with Crippen molar-refractivity contribution in [3.63, 3.8) is 0 Å². The van der Waals surface area contributed by atoms with Gasteiger partial charge in [0.05, 0.1) is 21.4 Å². The van der Waals surface area contributed by atoms with Crippen LogP contribution in [0.25, 0.3) is 92.2 Å². The lowest BCUT2D eigenvalue weighted by Gasteiger charge is -2.21. The second-order valence-corrected chi connectivity index (χ2v) is 18.0. The van der Waals surface area contributed by atoms with Gasteiger partial charge in [0, 0.05) is 54.7 Å². The van der Waals surface area contributed by atoms with E-state index in [9.17, 15) is 5.41 Å². The SMILES string of the molecule is N=C(N=C(N=Cc1cc(-c2ccccc2)cc(-c2ccccc2)c1)c1ccccc1)c1cc(-c2ccccc2)c(-n2c3ccccc3c3ccc4c5ccccc5sc4c32)c(-c2ccccc2)c1. The molecule has 5 heteroatoms. The Kier molecular flexibility index (Phi) is 10.5. The van der Waals surface area contributed by atoms with Crippen molar-refractivity contribution in [2.24, 2.45) is 9.98 Å². The average Bonchev–Trinajstić information content (AvgIpc) is 3.96. The first-order chi connectivity index (χ1) is 33.6. The van der Waals surface area contributed by atoms with Crippen LogP contribution in [0, 0.1) is 5.41 Å². The molecule has 2 heterocycles. The lowest BCUT2D eigenvalue weighted by Crippen LogP contribution is -2.07. The molecule has 0 spiro atoms. The molecule has 0 bridgehead atoms. The zero-order valence-corrected chi connectivity index (χ0v) is 37.7. The van der Waals surface area contributed by atoms with Gasteiger partial charge in [0.15, 0.2) is 11.7 Å². The Morgan fingerprint density at radius 2 is 0.926 bits per heavy atom. The van der Waals surface area contributed by atoms with E-state index in [2.05, 4.69) is 205 Å². The first-order valence-electron chi connectivity index (χ1n) is 22.8. The lowest BCUT2D eigenvalue weighted by molar-refractivity contribution is 1.19. The number of aromatic nitrogens is 1. The van der Waals surface area contributed by atoms with E-state index in [1.807, 2.05) is 60.0 Å². The fourth-order valence-corrected chi connectivity index (χ4v) is 10.8. The number of benzene rings is 10. The van der Waals surface area contributed by atoms with Crippen molar-refractivity contribution in [2.45, 2.75) is 0 Å². The van der Waals surface area contributed by atoms with Gasteiger partial charge >= 0.3 is 0 Å². The fraction of sp³-hybridized carbons (Fsp3) is 0. The average molecular weight is 887 g/mol. The Morgan fingerprint density at radius 3 is 1.53 bits per heavy atom. The third-order valence-corrected chi connectivity index (χ3v) is 13.9. The van der Waals surface area contributed by atoms with Crippen molar-refractivity contribution in [1.29, 1.82) is 5.41 Å². The third kappa shape index (κ3) is 7.51. The van der Waals surface area contributed by atoms with E-state index in [4.69, 9.17) is 9.98 Å². The van der Waals surface area contributed by atoms with Crippen molar-refractivity contribution in [3.05, 3.63) is 259 Å². The predicted molar refractivity (Wildman–Crippen MR) is 289 cm³/mol. The van der Waals surface area contributed by atoms with E-state index in [1.54, 1.807) is 0 Å². The number of aliphatic imine (C=N–C) groups is 2. The Morgan fingerprint density at radius 1 is 0.426 bits per heavy atom. The second kappa shape index (κ2) is 17.6. The van der Waals surface area contributed by atoms with Crippen LogP contribution in [0.15, 0.2) is 253 Å². The molecule has 0 atom stereocenters. The topological polar surface area (TPSA) is 53.5 Å². The predicted octanol–water partition coefficient (Wildman–Crippen LogP) is 16.7. The molecule has 320 valence electrons. The van der Waals surface area contributed by atoms with Crippen molar-refractivity contribution >= 4 is 71.2 Å². The number of fused-ring (bicyclic) bond motifs is 7. The van der Waals surface area contributed by atoms with Gasteiger partial charge < -0.3 is 4.57 Å². The van der Waals surface area contributed by atoms with Gasteiger partial charge in [0.25, 0.3) is 0 Å². The van der Waals surface area contributed by atoms with E-state index in [1.165, 1.54) is 36.5 Å². The maximum atomic E-state index is 9.91. The van der Waals surface area contributed by atoms with Crippen LogP contribution in [0.2, 0.25) is 0 Å². The fourth-order valence-electron chi connectivity index (χ4n) is 9.53. The molecule has 0 saturated carbocycles. The molecule has 4 nitrogen and oxygen atoms in total. The highest BCUT2D eigenvalue weighted by Crippen LogP contribution is 2.47. The van der Waals surface area contributed by atoms with Crippen molar-refractivity contribution in [3.8, 4) is 50.2 Å². The van der Waals surface area contributed by atoms with E-state index in [0.29, 0.717) is 11.4 Å². The molecule has 0 amide bonds. The summed E-state index contributed by atoms with van der Waals surface area (Å²) in [6.45, 7) is 0. The molecule has 0 unspecified atom stereocenters. The zero-order valence-electron chi connectivity index (χ0n) is 36.9. The van der Waals surface area contributed by atoms with Crippen molar-refractivity contribution in [1.82, 2.24) is 4.57 Å². The summed E-state index contributed by atoms with van der Waals surface area (Å²) in [6.07, 6.45) is 1.88. The highest BCUT2D eigenvalue weighted by Gasteiger charge is 2.24. The van der Waals surface area contributed by atoms with E-state index in [0.717, 1.165) is 66.8 Å². The van der Waals surface area contributed by atoms with Gasteiger partial charge in [-0.05, 0) is 81.4 Å². The number of nitrogens with one attached hydrogen (secondary N) is 1. The molecule has 0 radical (unpaired) electrons. The van der Waals surface area contributed by atoms with Crippen LogP contribution in [-0.4, -0.2) is 22.5 Å². The van der Waals surface area contributed by atoms with Crippen LogP contribution in [-0.2, 0) is 0 Å². The molecule has 10 aromatic carbocycles. The summed E-state index contributed by atoms with van der Waals surface area (Å²) in [5, 5.41) is 14.8. The number of amidine groups is 2. The van der Waals surface area contributed by atoms with Crippen molar-refractivity contribution in [2.75, 3.05) is 0 Å². The third-order valence-electron chi connectivity index (χ3n) is 12.7. The zero-order chi connectivity index (χ0) is 45.4. The summed E-state index contributed by atoms with van der Waals surface area (Å²) in [5.74, 6) is 0.558. The molecule has 68 heavy (non-hydrogen) atoms. The Bertz CT molecular complexity index is 3770. The summed E-state index contributed by atoms with van der Waals surface area (Å²) < 4.78 is 4.99. The summed E-state index contributed by atoms with van der Waals surface area (Å²) in [7, 11) is 0. The van der Waals surface area contributed by atoms with Crippen molar-refractivity contribution < 1.29 is 0 Å². The largest absolute Gasteiger partial charge is 0.307 e. The Balaban J connectivity index is 1.08. The van der Waals surface area contributed by atoms with Gasteiger partial charge in [-0.1, -0.05) is 200 Å². The van der Waals surface area contributed by atoms with Crippen LogP contribution in [0.3, 0.4) is 0 Å². The Labute approximate surface area is 398 Å².